The summed E-state index contributed by atoms with van der Waals surface area (Å²) in [7, 11) is 0. The van der Waals surface area contributed by atoms with E-state index in [4.69, 9.17) is 4.74 Å². The summed E-state index contributed by atoms with van der Waals surface area (Å²) in [5, 5.41) is 10.7. The lowest BCUT2D eigenvalue weighted by atomic mass is 10.1. The molecule has 0 aliphatic carbocycles. The maximum absolute atomic E-state index is 12.9. The number of carbonyl (C=O) groups is 1. The lowest BCUT2D eigenvalue weighted by Crippen LogP contribution is -2.36. The van der Waals surface area contributed by atoms with E-state index in [2.05, 4.69) is 27.6 Å². The fourth-order valence-corrected chi connectivity index (χ4v) is 3.33. The van der Waals surface area contributed by atoms with Crippen LogP contribution < -0.4 is 15.4 Å². The third-order valence-electron chi connectivity index (χ3n) is 5.34. The number of hydrogen-bond donors (Lipinski definition) is 2. The molecule has 0 spiro atoms. The van der Waals surface area contributed by atoms with Crippen LogP contribution in [0.1, 0.15) is 53.0 Å². The van der Waals surface area contributed by atoms with Gasteiger partial charge in [-0.15, -0.1) is 0 Å². The van der Waals surface area contributed by atoms with Gasteiger partial charge in [0.25, 0.3) is 5.91 Å². The van der Waals surface area contributed by atoms with Crippen molar-refractivity contribution in [2.45, 2.75) is 54.1 Å². The van der Waals surface area contributed by atoms with Crippen LogP contribution in [-0.4, -0.2) is 28.3 Å². The van der Waals surface area contributed by atoms with Crippen molar-refractivity contribution < 1.29 is 9.53 Å². The highest BCUT2D eigenvalue weighted by molar-refractivity contribution is 6.10. The summed E-state index contributed by atoms with van der Waals surface area (Å²) in [5.74, 6) is 0.957. The molecular weight excluding hydrogens is 414 g/mol. The second kappa shape index (κ2) is 11.3. The quantitative estimate of drug-likeness (QED) is 0.375. The summed E-state index contributed by atoms with van der Waals surface area (Å²) < 4.78 is 7.45. The SMILES string of the molecule is CCCn1cc(CN=C(NC(=O)c2ccc(C)c(C)c2)Nc2ccc(OCC)cc2)c(C)n1. The van der Waals surface area contributed by atoms with Crippen LogP contribution >= 0.6 is 0 Å². The molecule has 33 heavy (non-hydrogen) atoms. The Balaban J connectivity index is 1.82. The first kappa shape index (κ1) is 24.0. The van der Waals surface area contributed by atoms with Gasteiger partial charge >= 0.3 is 0 Å². The van der Waals surface area contributed by atoms with E-state index in [-0.39, 0.29) is 5.91 Å². The molecule has 0 fully saturated rings. The van der Waals surface area contributed by atoms with Crippen LogP contribution in [0.4, 0.5) is 5.69 Å². The molecule has 1 heterocycles. The van der Waals surface area contributed by atoms with Crippen molar-refractivity contribution in [2.75, 3.05) is 11.9 Å². The predicted molar refractivity (Wildman–Crippen MR) is 133 cm³/mol. The van der Waals surface area contributed by atoms with Gasteiger partial charge in [-0.25, -0.2) is 4.99 Å². The number of ether oxygens (including phenoxy) is 1. The lowest BCUT2D eigenvalue weighted by molar-refractivity contribution is 0.0977. The van der Waals surface area contributed by atoms with Gasteiger partial charge in [-0.3, -0.25) is 14.8 Å². The number of aliphatic imine (C=N–C) groups is 1. The van der Waals surface area contributed by atoms with E-state index in [0.29, 0.717) is 24.7 Å². The van der Waals surface area contributed by atoms with Crippen molar-refractivity contribution in [3.05, 3.63) is 76.6 Å². The number of rotatable bonds is 8. The van der Waals surface area contributed by atoms with Crippen LogP contribution in [0.5, 0.6) is 5.75 Å². The average Bonchev–Trinajstić information content (AvgIpc) is 3.14. The molecule has 0 aliphatic heterocycles. The number of amides is 1. The van der Waals surface area contributed by atoms with Gasteiger partial charge in [0.15, 0.2) is 0 Å². The van der Waals surface area contributed by atoms with E-state index in [1.807, 2.05) is 81.0 Å². The van der Waals surface area contributed by atoms with Gasteiger partial charge in [0, 0.05) is 29.6 Å². The Hall–Kier alpha value is -3.61. The molecule has 3 rings (SSSR count). The molecule has 1 amide bonds. The minimum atomic E-state index is -0.214. The summed E-state index contributed by atoms with van der Waals surface area (Å²) in [4.78, 5) is 17.6. The molecule has 0 unspecified atom stereocenters. The van der Waals surface area contributed by atoms with Crippen LogP contribution in [0.15, 0.2) is 53.7 Å². The number of nitrogens with zero attached hydrogens (tertiary/aromatic N) is 3. The van der Waals surface area contributed by atoms with Crippen molar-refractivity contribution in [1.29, 1.82) is 0 Å². The highest BCUT2D eigenvalue weighted by Crippen LogP contribution is 2.16. The van der Waals surface area contributed by atoms with Crippen molar-refractivity contribution >= 4 is 17.6 Å². The van der Waals surface area contributed by atoms with Crippen LogP contribution in [0.3, 0.4) is 0 Å². The second-order valence-corrected chi connectivity index (χ2v) is 8.00. The van der Waals surface area contributed by atoms with Crippen molar-refractivity contribution in [3.8, 4) is 5.75 Å². The van der Waals surface area contributed by atoms with Crippen molar-refractivity contribution in [2.24, 2.45) is 4.99 Å². The number of hydrogen-bond acceptors (Lipinski definition) is 4. The molecule has 2 N–H and O–H groups in total. The number of anilines is 1. The highest BCUT2D eigenvalue weighted by atomic mass is 16.5. The number of nitrogens with one attached hydrogen (secondary N) is 2. The number of aryl methyl sites for hydroxylation is 4. The molecule has 0 aliphatic rings. The fourth-order valence-electron chi connectivity index (χ4n) is 3.33. The first-order valence-corrected chi connectivity index (χ1v) is 11.4. The van der Waals surface area contributed by atoms with E-state index in [1.165, 1.54) is 0 Å². The number of guanidine groups is 1. The largest absolute Gasteiger partial charge is 0.494 e. The summed E-state index contributed by atoms with van der Waals surface area (Å²) in [6.45, 7) is 11.9. The molecule has 0 radical (unpaired) electrons. The maximum atomic E-state index is 12.9. The minimum absolute atomic E-state index is 0.214. The molecule has 2 aromatic carbocycles. The molecule has 7 nitrogen and oxygen atoms in total. The number of benzene rings is 2. The van der Waals surface area contributed by atoms with Crippen LogP contribution in [0, 0.1) is 20.8 Å². The zero-order chi connectivity index (χ0) is 23.8. The van der Waals surface area contributed by atoms with E-state index in [0.717, 1.165) is 46.8 Å². The van der Waals surface area contributed by atoms with Gasteiger partial charge in [0.05, 0.1) is 18.8 Å². The Morgan fingerprint density at radius 2 is 1.82 bits per heavy atom. The fraction of sp³-hybridized carbons (Fsp3) is 0.346. The zero-order valence-electron chi connectivity index (χ0n) is 20.1. The molecule has 0 saturated heterocycles. The lowest BCUT2D eigenvalue weighted by Gasteiger charge is -2.13. The van der Waals surface area contributed by atoms with E-state index >= 15 is 0 Å². The Morgan fingerprint density at radius 1 is 1.06 bits per heavy atom. The third-order valence-corrected chi connectivity index (χ3v) is 5.34. The Kier molecular flexibility index (Phi) is 8.24. The highest BCUT2D eigenvalue weighted by Gasteiger charge is 2.12. The average molecular weight is 448 g/mol. The van der Waals surface area contributed by atoms with Crippen LogP contribution in [-0.2, 0) is 13.1 Å². The molecular formula is C26H33N5O2. The van der Waals surface area contributed by atoms with Gasteiger partial charge in [-0.2, -0.15) is 5.10 Å². The first-order valence-electron chi connectivity index (χ1n) is 11.4. The predicted octanol–water partition coefficient (Wildman–Crippen LogP) is 5.02. The summed E-state index contributed by atoms with van der Waals surface area (Å²) in [6, 6.07) is 13.2. The normalized spacial score (nSPS) is 11.4. The molecule has 174 valence electrons. The molecule has 0 saturated carbocycles. The summed E-state index contributed by atoms with van der Waals surface area (Å²) in [6.07, 6.45) is 3.03. The van der Waals surface area contributed by atoms with Crippen LogP contribution in [0.25, 0.3) is 0 Å². The first-order chi connectivity index (χ1) is 15.9. The Labute approximate surface area is 195 Å². The van der Waals surface area contributed by atoms with E-state index in [9.17, 15) is 4.79 Å². The van der Waals surface area contributed by atoms with E-state index < -0.39 is 0 Å². The van der Waals surface area contributed by atoms with Crippen molar-refractivity contribution in [1.82, 2.24) is 15.1 Å². The molecule has 0 bridgehead atoms. The van der Waals surface area contributed by atoms with Crippen LogP contribution in [0.2, 0.25) is 0 Å². The number of aromatic nitrogens is 2. The molecule has 1 aromatic heterocycles. The van der Waals surface area contributed by atoms with Gasteiger partial charge in [0.2, 0.25) is 5.96 Å². The Morgan fingerprint density at radius 3 is 2.48 bits per heavy atom. The number of carbonyl (C=O) groups excluding carboxylic acids is 1. The summed E-state index contributed by atoms with van der Waals surface area (Å²) in [5.41, 5.74) is 5.57. The maximum Gasteiger partial charge on any atom is 0.257 e. The minimum Gasteiger partial charge on any atom is -0.494 e. The monoisotopic (exact) mass is 447 g/mol. The van der Waals surface area contributed by atoms with Crippen molar-refractivity contribution in [3.63, 3.8) is 0 Å². The van der Waals surface area contributed by atoms with Gasteiger partial charge in [0.1, 0.15) is 5.75 Å². The van der Waals surface area contributed by atoms with E-state index in [1.54, 1.807) is 0 Å². The Bertz CT molecular complexity index is 1120. The summed E-state index contributed by atoms with van der Waals surface area (Å²) >= 11 is 0. The smallest absolute Gasteiger partial charge is 0.257 e. The molecule has 0 atom stereocenters. The third kappa shape index (κ3) is 6.68. The molecule has 3 aromatic rings. The standard InChI is InChI=1S/C26H33N5O2/c1-6-14-31-17-22(20(5)30-31)16-27-26(28-23-10-12-24(13-11-23)33-7-2)29-25(32)21-9-8-18(3)19(4)15-21/h8-13,15,17H,6-7,14,16H2,1-5H3,(H2,27,28,29,32). The van der Waals surface area contributed by atoms with Gasteiger partial charge in [-0.1, -0.05) is 13.0 Å². The molecule has 7 heteroatoms. The van der Waals surface area contributed by atoms with Gasteiger partial charge < -0.3 is 10.1 Å². The second-order valence-electron chi connectivity index (χ2n) is 8.00. The topological polar surface area (TPSA) is 80.5 Å². The van der Waals surface area contributed by atoms with Gasteiger partial charge in [-0.05, 0) is 81.6 Å². The zero-order valence-corrected chi connectivity index (χ0v) is 20.1.